The van der Waals surface area contributed by atoms with Crippen LogP contribution in [0.25, 0.3) is 0 Å². The third kappa shape index (κ3) is 5.38. The summed E-state index contributed by atoms with van der Waals surface area (Å²) in [5.41, 5.74) is 0.522. The van der Waals surface area contributed by atoms with Crippen LogP contribution in [0.1, 0.15) is 36.0 Å². The highest BCUT2D eigenvalue weighted by Crippen LogP contribution is 2.09. The Kier molecular flexibility index (Phi) is 6.72. The molecule has 2 heterocycles. The summed E-state index contributed by atoms with van der Waals surface area (Å²) in [7, 11) is 0. The minimum atomic E-state index is -0.193. The molecule has 1 aromatic heterocycles. The number of likely N-dealkylation sites (tertiary alicyclic amines) is 1. The number of carbonyl (C=O) groups excluding carboxylic acids is 1. The second-order valence-corrected chi connectivity index (χ2v) is 5.50. The molecule has 5 heteroatoms. The number of anilines is 1. The maximum atomic E-state index is 11.7. The van der Waals surface area contributed by atoms with Gasteiger partial charge >= 0.3 is 0 Å². The summed E-state index contributed by atoms with van der Waals surface area (Å²) in [6.07, 6.45) is 12.0. The minimum absolute atomic E-state index is 0.193. The van der Waals surface area contributed by atoms with Gasteiger partial charge in [0.15, 0.2) is 0 Å². The van der Waals surface area contributed by atoms with Crippen molar-refractivity contribution in [1.82, 2.24) is 15.2 Å². The highest BCUT2D eigenvalue weighted by Gasteiger charge is 2.08. The monoisotopic (exact) mass is 300 g/mol. The maximum absolute atomic E-state index is 11.7. The molecular formula is C17H24N4O. The minimum Gasteiger partial charge on any atom is -0.369 e. The molecule has 0 saturated carbocycles. The lowest BCUT2D eigenvalue weighted by Crippen LogP contribution is -2.30. The molecule has 1 amide bonds. The van der Waals surface area contributed by atoms with E-state index >= 15 is 0 Å². The van der Waals surface area contributed by atoms with Crippen molar-refractivity contribution in [3.63, 3.8) is 0 Å². The highest BCUT2D eigenvalue weighted by atomic mass is 16.1. The Hall–Kier alpha value is -2.06. The van der Waals surface area contributed by atoms with Crippen LogP contribution in [0, 0.1) is 12.3 Å². The van der Waals surface area contributed by atoms with E-state index < -0.39 is 0 Å². The second-order valence-electron chi connectivity index (χ2n) is 5.50. The molecule has 0 spiro atoms. The molecule has 5 nitrogen and oxygen atoms in total. The number of hydrogen-bond acceptors (Lipinski definition) is 4. The predicted molar refractivity (Wildman–Crippen MR) is 88.8 cm³/mol. The van der Waals surface area contributed by atoms with E-state index in [9.17, 15) is 4.79 Å². The number of nitrogens with zero attached hydrogens (tertiary/aromatic N) is 2. The van der Waals surface area contributed by atoms with Gasteiger partial charge in [0.05, 0.1) is 12.1 Å². The number of hydrogen-bond donors (Lipinski definition) is 2. The molecule has 0 unspecified atom stereocenters. The Morgan fingerprint density at radius 2 is 2.05 bits per heavy atom. The van der Waals surface area contributed by atoms with E-state index in [0.717, 1.165) is 18.9 Å². The lowest BCUT2D eigenvalue weighted by molar-refractivity contribution is 0.0958. The number of nitrogens with one attached hydrogen (secondary N) is 2. The van der Waals surface area contributed by atoms with Crippen molar-refractivity contribution in [3.05, 3.63) is 23.9 Å². The first-order chi connectivity index (χ1) is 10.8. The van der Waals surface area contributed by atoms with Crippen LogP contribution >= 0.6 is 0 Å². The summed E-state index contributed by atoms with van der Waals surface area (Å²) in [5, 5.41) is 5.92. The van der Waals surface area contributed by atoms with E-state index in [0.29, 0.717) is 5.56 Å². The number of aromatic nitrogens is 1. The summed E-state index contributed by atoms with van der Waals surface area (Å²) in [4.78, 5) is 18.5. The number of carbonyl (C=O) groups is 1. The average molecular weight is 300 g/mol. The van der Waals surface area contributed by atoms with Crippen LogP contribution in [0.3, 0.4) is 0 Å². The third-order valence-electron chi connectivity index (χ3n) is 3.81. The standard InChI is InChI=1S/C17H24N4O/c1-2-9-19-17(22)15-7-8-16(20-14-15)18-10-13-21-11-5-3-4-6-12-21/h1,7-8,14H,3-6,9-13H2,(H,18,20)(H,19,22). The zero-order valence-electron chi connectivity index (χ0n) is 13.0. The van der Waals surface area contributed by atoms with Crippen LogP contribution in [0.4, 0.5) is 5.82 Å². The molecule has 2 N–H and O–H groups in total. The zero-order chi connectivity index (χ0) is 15.6. The van der Waals surface area contributed by atoms with Crippen molar-refractivity contribution < 1.29 is 4.79 Å². The first-order valence-corrected chi connectivity index (χ1v) is 7.93. The molecule has 2 rings (SSSR count). The highest BCUT2D eigenvalue weighted by molar-refractivity contribution is 5.94. The van der Waals surface area contributed by atoms with Crippen molar-refractivity contribution in [1.29, 1.82) is 0 Å². The lowest BCUT2D eigenvalue weighted by Gasteiger charge is -2.19. The molecule has 22 heavy (non-hydrogen) atoms. The van der Waals surface area contributed by atoms with Gasteiger partial charge in [0, 0.05) is 19.3 Å². The summed E-state index contributed by atoms with van der Waals surface area (Å²) in [6, 6.07) is 3.58. The van der Waals surface area contributed by atoms with Crippen LogP contribution in [0.15, 0.2) is 18.3 Å². The van der Waals surface area contributed by atoms with Gasteiger partial charge in [-0.15, -0.1) is 6.42 Å². The molecule has 1 aliphatic rings. The SMILES string of the molecule is C#CCNC(=O)c1ccc(NCCN2CCCCCC2)nc1. The Labute approximate surface area is 132 Å². The first-order valence-electron chi connectivity index (χ1n) is 7.93. The zero-order valence-corrected chi connectivity index (χ0v) is 13.0. The normalized spacial score (nSPS) is 15.6. The van der Waals surface area contributed by atoms with E-state index in [4.69, 9.17) is 6.42 Å². The summed E-state index contributed by atoms with van der Waals surface area (Å²) >= 11 is 0. The quantitative estimate of drug-likeness (QED) is 0.786. The fourth-order valence-electron chi connectivity index (χ4n) is 2.57. The van der Waals surface area contributed by atoms with Crippen LogP contribution in [0.5, 0.6) is 0 Å². The fourth-order valence-corrected chi connectivity index (χ4v) is 2.57. The third-order valence-corrected chi connectivity index (χ3v) is 3.81. The molecule has 0 aromatic carbocycles. The number of terminal acetylenes is 1. The van der Waals surface area contributed by atoms with Gasteiger partial charge in [-0.2, -0.15) is 0 Å². The molecule has 118 valence electrons. The summed E-state index contributed by atoms with van der Waals surface area (Å²) in [6.45, 7) is 4.53. The number of rotatable bonds is 6. The molecule has 1 aliphatic heterocycles. The molecule has 0 aliphatic carbocycles. The topological polar surface area (TPSA) is 57.3 Å². The number of amides is 1. The second kappa shape index (κ2) is 9.06. The van der Waals surface area contributed by atoms with Crippen LogP contribution in [0.2, 0.25) is 0 Å². The fraction of sp³-hybridized carbons (Fsp3) is 0.529. The predicted octanol–water partition coefficient (Wildman–Crippen LogP) is 1.73. The van der Waals surface area contributed by atoms with Gasteiger partial charge in [0.1, 0.15) is 5.82 Å². The van der Waals surface area contributed by atoms with E-state index in [1.54, 1.807) is 12.3 Å². The first kappa shape index (κ1) is 16.3. The molecule has 0 radical (unpaired) electrons. The van der Waals surface area contributed by atoms with Crippen molar-refractivity contribution in [2.24, 2.45) is 0 Å². The van der Waals surface area contributed by atoms with Crippen molar-refractivity contribution in [3.8, 4) is 12.3 Å². The Balaban J connectivity index is 1.74. The van der Waals surface area contributed by atoms with Gasteiger partial charge < -0.3 is 15.5 Å². The largest absolute Gasteiger partial charge is 0.369 e. The van der Waals surface area contributed by atoms with E-state index in [2.05, 4.69) is 26.4 Å². The molecule has 1 fully saturated rings. The van der Waals surface area contributed by atoms with E-state index in [1.807, 2.05) is 6.07 Å². The Morgan fingerprint density at radius 1 is 1.27 bits per heavy atom. The van der Waals surface area contributed by atoms with E-state index in [1.165, 1.54) is 38.8 Å². The van der Waals surface area contributed by atoms with Gasteiger partial charge in [-0.1, -0.05) is 18.8 Å². The maximum Gasteiger partial charge on any atom is 0.253 e. The van der Waals surface area contributed by atoms with Crippen molar-refractivity contribution in [2.75, 3.05) is 38.0 Å². The van der Waals surface area contributed by atoms with E-state index in [-0.39, 0.29) is 12.5 Å². The van der Waals surface area contributed by atoms with Gasteiger partial charge in [-0.3, -0.25) is 4.79 Å². The van der Waals surface area contributed by atoms with Gasteiger partial charge in [-0.25, -0.2) is 4.98 Å². The molecule has 1 saturated heterocycles. The average Bonchev–Trinajstić information content (AvgIpc) is 2.82. The summed E-state index contributed by atoms with van der Waals surface area (Å²) < 4.78 is 0. The summed E-state index contributed by atoms with van der Waals surface area (Å²) in [5.74, 6) is 2.98. The molecule has 0 atom stereocenters. The number of pyridine rings is 1. The molecule has 0 bridgehead atoms. The van der Waals surface area contributed by atoms with Crippen LogP contribution in [-0.4, -0.2) is 48.5 Å². The smallest absolute Gasteiger partial charge is 0.253 e. The molecule has 1 aromatic rings. The van der Waals surface area contributed by atoms with Crippen molar-refractivity contribution in [2.45, 2.75) is 25.7 Å². The van der Waals surface area contributed by atoms with Crippen molar-refractivity contribution >= 4 is 11.7 Å². The Bertz CT molecular complexity index is 498. The van der Waals surface area contributed by atoms with Gasteiger partial charge in [-0.05, 0) is 38.1 Å². The lowest BCUT2D eigenvalue weighted by atomic mass is 10.2. The van der Waals surface area contributed by atoms with Gasteiger partial charge in [0.25, 0.3) is 5.91 Å². The van der Waals surface area contributed by atoms with Crippen LogP contribution in [-0.2, 0) is 0 Å². The van der Waals surface area contributed by atoms with Gasteiger partial charge in [0.2, 0.25) is 0 Å². The van der Waals surface area contributed by atoms with Crippen LogP contribution < -0.4 is 10.6 Å². The Morgan fingerprint density at radius 3 is 2.68 bits per heavy atom. The molecular weight excluding hydrogens is 276 g/mol.